The Bertz CT molecular complexity index is 638. The molecule has 0 spiro atoms. The molecular weight excluding hydrogens is 245 g/mol. The molecule has 0 saturated carbocycles. The summed E-state index contributed by atoms with van der Waals surface area (Å²) < 4.78 is 13.8. The van der Waals surface area contributed by atoms with Gasteiger partial charge in [0.1, 0.15) is 5.82 Å². The van der Waals surface area contributed by atoms with E-state index in [0.29, 0.717) is 5.69 Å². The maximum absolute atomic E-state index is 13.8. The third-order valence-corrected chi connectivity index (χ3v) is 3.11. The SMILES string of the molecule is Cc1cccc(Nc2c(F)cccc2C(=O)O)c1C. The fourth-order valence-electron chi connectivity index (χ4n) is 1.85. The molecule has 0 saturated heterocycles. The molecule has 0 radical (unpaired) electrons. The van der Waals surface area contributed by atoms with E-state index in [1.165, 1.54) is 18.2 Å². The van der Waals surface area contributed by atoms with Gasteiger partial charge in [-0.2, -0.15) is 0 Å². The number of benzene rings is 2. The highest BCUT2D eigenvalue weighted by atomic mass is 19.1. The zero-order valence-corrected chi connectivity index (χ0v) is 10.7. The van der Waals surface area contributed by atoms with Crippen molar-refractivity contribution in [2.24, 2.45) is 0 Å². The predicted octanol–water partition coefficient (Wildman–Crippen LogP) is 3.88. The summed E-state index contributed by atoms with van der Waals surface area (Å²) in [7, 11) is 0. The van der Waals surface area contributed by atoms with Gasteiger partial charge in [0.05, 0.1) is 11.3 Å². The fraction of sp³-hybridized carbons (Fsp3) is 0.133. The van der Waals surface area contributed by atoms with Crippen LogP contribution in [-0.2, 0) is 0 Å². The van der Waals surface area contributed by atoms with Crippen molar-refractivity contribution in [3.8, 4) is 0 Å². The number of hydrogen-bond donors (Lipinski definition) is 2. The Morgan fingerprint density at radius 2 is 1.84 bits per heavy atom. The Hall–Kier alpha value is -2.36. The normalized spacial score (nSPS) is 10.3. The number of carboxylic acids is 1. The van der Waals surface area contributed by atoms with E-state index in [4.69, 9.17) is 5.11 Å². The second-order valence-corrected chi connectivity index (χ2v) is 4.34. The molecule has 4 heteroatoms. The molecule has 0 aliphatic carbocycles. The lowest BCUT2D eigenvalue weighted by Gasteiger charge is -2.14. The number of aryl methyl sites for hydroxylation is 1. The summed E-state index contributed by atoms with van der Waals surface area (Å²) >= 11 is 0. The van der Waals surface area contributed by atoms with E-state index in [2.05, 4.69) is 5.32 Å². The maximum atomic E-state index is 13.8. The molecule has 0 aromatic heterocycles. The summed E-state index contributed by atoms with van der Waals surface area (Å²) in [5.41, 5.74) is 2.62. The van der Waals surface area contributed by atoms with Crippen molar-refractivity contribution >= 4 is 17.3 Å². The van der Waals surface area contributed by atoms with Crippen molar-refractivity contribution in [1.29, 1.82) is 0 Å². The molecule has 3 nitrogen and oxygen atoms in total. The van der Waals surface area contributed by atoms with Crippen LogP contribution in [0.15, 0.2) is 36.4 Å². The van der Waals surface area contributed by atoms with Gasteiger partial charge in [-0.3, -0.25) is 0 Å². The van der Waals surface area contributed by atoms with Gasteiger partial charge < -0.3 is 10.4 Å². The Morgan fingerprint density at radius 3 is 2.53 bits per heavy atom. The first-order chi connectivity index (χ1) is 9.00. The van der Waals surface area contributed by atoms with Gasteiger partial charge in [0.25, 0.3) is 0 Å². The van der Waals surface area contributed by atoms with Crippen LogP contribution in [0.5, 0.6) is 0 Å². The average Bonchev–Trinajstić information content (AvgIpc) is 2.36. The molecule has 2 N–H and O–H groups in total. The van der Waals surface area contributed by atoms with Crippen LogP contribution >= 0.6 is 0 Å². The largest absolute Gasteiger partial charge is 0.478 e. The Kier molecular flexibility index (Phi) is 3.51. The molecule has 2 aromatic rings. The minimum atomic E-state index is -1.16. The number of halogens is 1. The second kappa shape index (κ2) is 5.10. The van der Waals surface area contributed by atoms with Crippen molar-refractivity contribution in [2.45, 2.75) is 13.8 Å². The first-order valence-electron chi connectivity index (χ1n) is 5.85. The van der Waals surface area contributed by atoms with Crippen LogP contribution in [0.25, 0.3) is 0 Å². The molecule has 0 unspecified atom stereocenters. The summed E-state index contributed by atoms with van der Waals surface area (Å²) in [6, 6.07) is 9.57. The lowest BCUT2D eigenvalue weighted by atomic mass is 10.1. The average molecular weight is 259 g/mol. The number of carboxylic acid groups (broad SMARTS) is 1. The third kappa shape index (κ3) is 2.57. The summed E-state index contributed by atoms with van der Waals surface area (Å²) in [6.07, 6.45) is 0. The highest BCUT2D eigenvalue weighted by molar-refractivity contribution is 5.95. The van der Waals surface area contributed by atoms with Crippen molar-refractivity contribution in [1.82, 2.24) is 0 Å². The summed E-state index contributed by atoms with van der Waals surface area (Å²) in [6.45, 7) is 3.85. The van der Waals surface area contributed by atoms with E-state index >= 15 is 0 Å². The first-order valence-corrected chi connectivity index (χ1v) is 5.85. The molecule has 98 valence electrons. The number of hydrogen-bond acceptors (Lipinski definition) is 2. The van der Waals surface area contributed by atoms with Crippen LogP contribution in [0.1, 0.15) is 21.5 Å². The molecule has 0 amide bonds. The molecule has 2 aromatic carbocycles. The molecule has 0 aliphatic rings. The smallest absolute Gasteiger partial charge is 0.337 e. The summed E-state index contributed by atoms with van der Waals surface area (Å²) in [4.78, 5) is 11.1. The van der Waals surface area contributed by atoms with E-state index in [1.807, 2.05) is 26.0 Å². The molecule has 0 fully saturated rings. The van der Waals surface area contributed by atoms with Crippen LogP contribution in [-0.4, -0.2) is 11.1 Å². The number of aromatic carboxylic acids is 1. The van der Waals surface area contributed by atoms with E-state index < -0.39 is 11.8 Å². The van der Waals surface area contributed by atoms with Gasteiger partial charge in [0.2, 0.25) is 0 Å². The number of rotatable bonds is 3. The molecule has 0 atom stereocenters. The number of para-hydroxylation sites is 1. The molecule has 0 aliphatic heterocycles. The van der Waals surface area contributed by atoms with Crippen molar-refractivity contribution in [3.05, 3.63) is 58.9 Å². The monoisotopic (exact) mass is 259 g/mol. The number of anilines is 2. The van der Waals surface area contributed by atoms with E-state index in [9.17, 15) is 9.18 Å². The van der Waals surface area contributed by atoms with Crippen LogP contribution in [0.3, 0.4) is 0 Å². The van der Waals surface area contributed by atoms with Crippen LogP contribution in [0.2, 0.25) is 0 Å². The third-order valence-electron chi connectivity index (χ3n) is 3.11. The number of carbonyl (C=O) groups is 1. The van der Waals surface area contributed by atoms with Crippen LogP contribution < -0.4 is 5.32 Å². The van der Waals surface area contributed by atoms with Crippen molar-refractivity contribution in [2.75, 3.05) is 5.32 Å². The Balaban J connectivity index is 2.49. The summed E-state index contributed by atoms with van der Waals surface area (Å²) in [5, 5.41) is 12.0. The fourth-order valence-corrected chi connectivity index (χ4v) is 1.85. The van der Waals surface area contributed by atoms with Gasteiger partial charge in [-0.1, -0.05) is 18.2 Å². The van der Waals surface area contributed by atoms with E-state index in [-0.39, 0.29) is 11.3 Å². The molecule has 0 heterocycles. The van der Waals surface area contributed by atoms with E-state index in [1.54, 1.807) is 6.07 Å². The minimum Gasteiger partial charge on any atom is -0.478 e. The van der Waals surface area contributed by atoms with Gasteiger partial charge in [0.15, 0.2) is 0 Å². The second-order valence-electron chi connectivity index (χ2n) is 4.34. The zero-order valence-electron chi connectivity index (χ0n) is 10.7. The maximum Gasteiger partial charge on any atom is 0.337 e. The zero-order chi connectivity index (χ0) is 14.0. The first kappa shape index (κ1) is 13.1. The van der Waals surface area contributed by atoms with Crippen LogP contribution in [0.4, 0.5) is 15.8 Å². The van der Waals surface area contributed by atoms with E-state index in [0.717, 1.165) is 11.1 Å². The van der Waals surface area contributed by atoms with Gasteiger partial charge in [-0.25, -0.2) is 9.18 Å². The highest BCUT2D eigenvalue weighted by Crippen LogP contribution is 2.27. The van der Waals surface area contributed by atoms with Crippen molar-refractivity contribution < 1.29 is 14.3 Å². The van der Waals surface area contributed by atoms with Gasteiger partial charge in [-0.15, -0.1) is 0 Å². The highest BCUT2D eigenvalue weighted by Gasteiger charge is 2.15. The van der Waals surface area contributed by atoms with Crippen LogP contribution in [0, 0.1) is 19.7 Å². The topological polar surface area (TPSA) is 49.3 Å². The standard InChI is InChI=1S/C15H14FNO2/c1-9-5-3-8-13(10(9)2)17-14-11(15(18)19)6-4-7-12(14)16/h3-8,17H,1-2H3,(H,18,19). The molecule has 2 rings (SSSR count). The molecule has 19 heavy (non-hydrogen) atoms. The minimum absolute atomic E-state index is 0.0105. The van der Waals surface area contributed by atoms with Gasteiger partial charge in [-0.05, 0) is 43.2 Å². The number of nitrogens with one attached hydrogen (secondary N) is 1. The molecular formula is C15H14FNO2. The Labute approximate surface area is 110 Å². The van der Waals surface area contributed by atoms with Gasteiger partial charge in [0, 0.05) is 5.69 Å². The quantitative estimate of drug-likeness (QED) is 0.879. The predicted molar refractivity (Wildman–Crippen MR) is 72.6 cm³/mol. The Morgan fingerprint density at radius 1 is 1.16 bits per heavy atom. The summed E-state index contributed by atoms with van der Waals surface area (Å²) in [5.74, 6) is -1.74. The lowest BCUT2D eigenvalue weighted by molar-refractivity contribution is 0.0697. The van der Waals surface area contributed by atoms with Crippen molar-refractivity contribution in [3.63, 3.8) is 0 Å². The lowest BCUT2D eigenvalue weighted by Crippen LogP contribution is -2.05. The van der Waals surface area contributed by atoms with Gasteiger partial charge >= 0.3 is 5.97 Å². The molecule has 0 bridgehead atoms.